The second-order valence-electron chi connectivity index (χ2n) is 5.46. The molecule has 124 valence electrons. The molecule has 1 aromatic carbocycles. The van der Waals surface area contributed by atoms with Gasteiger partial charge in [-0.1, -0.05) is 29.4 Å². The van der Waals surface area contributed by atoms with E-state index in [1.165, 1.54) is 23.5 Å². The molecule has 0 aliphatic carbocycles. The Morgan fingerprint density at radius 2 is 2.33 bits per heavy atom. The molecule has 0 N–H and O–H groups in total. The fraction of sp³-hybridized carbons (Fsp3) is 0.222. The summed E-state index contributed by atoms with van der Waals surface area (Å²) in [5.41, 5.74) is 1.40. The van der Waals surface area contributed by atoms with E-state index in [9.17, 15) is 9.18 Å². The van der Waals surface area contributed by atoms with Gasteiger partial charge in [0.1, 0.15) is 5.82 Å². The molecule has 0 saturated heterocycles. The summed E-state index contributed by atoms with van der Waals surface area (Å²) in [4.78, 5) is 20.3. The molecule has 0 unspecified atom stereocenters. The van der Waals surface area contributed by atoms with E-state index in [-0.39, 0.29) is 17.8 Å². The van der Waals surface area contributed by atoms with Gasteiger partial charge in [0.25, 0.3) is 5.91 Å². The molecule has 1 atom stereocenters. The van der Waals surface area contributed by atoms with Crippen molar-refractivity contribution in [3.05, 3.63) is 70.7 Å². The molecule has 2 aromatic rings. The molecule has 0 spiro atoms. The number of hydrogen-bond donors (Lipinski definition) is 0. The Labute approximate surface area is 143 Å². The van der Waals surface area contributed by atoms with Crippen LogP contribution in [0.25, 0.3) is 0 Å². The second-order valence-corrected chi connectivity index (χ2v) is 6.40. The lowest BCUT2D eigenvalue weighted by Gasteiger charge is -2.22. The number of carbonyl (C=O) groups excluding carboxylic acids is 1. The topological polar surface area (TPSA) is 41.9 Å². The quantitative estimate of drug-likeness (QED) is 0.750. The molecule has 1 aromatic heterocycles. The van der Waals surface area contributed by atoms with E-state index >= 15 is 0 Å². The standard InChI is InChI=1S/C18H17FN2O2S/c1-2-8-21(18(22)17-7-4-9-24-17)12-15-11-16(20-23-15)13-5-3-6-14(19)10-13/h2-7,9-10,15H,1,8,11-12H2/t15-/m1/s1. The van der Waals surface area contributed by atoms with Crippen LogP contribution in [-0.4, -0.2) is 35.7 Å². The average molecular weight is 344 g/mol. The van der Waals surface area contributed by atoms with Gasteiger partial charge in [-0.2, -0.15) is 0 Å². The second kappa shape index (κ2) is 7.40. The Hall–Kier alpha value is -2.47. The van der Waals surface area contributed by atoms with Gasteiger partial charge >= 0.3 is 0 Å². The molecule has 0 bridgehead atoms. The average Bonchev–Trinajstić information content (AvgIpc) is 3.26. The first-order chi connectivity index (χ1) is 11.7. The largest absolute Gasteiger partial charge is 0.390 e. The minimum atomic E-state index is -0.306. The smallest absolute Gasteiger partial charge is 0.264 e. The van der Waals surface area contributed by atoms with Gasteiger partial charge in [0.2, 0.25) is 0 Å². The lowest BCUT2D eigenvalue weighted by atomic mass is 10.0. The lowest BCUT2D eigenvalue weighted by Crippen LogP contribution is -2.37. The van der Waals surface area contributed by atoms with E-state index in [1.807, 2.05) is 11.4 Å². The number of rotatable bonds is 6. The van der Waals surface area contributed by atoms with Gasteiger partial charge in [-0.15, -0.1) is 17.9 Å². The molecule has 1 aliphatic heterocycles. The maximum Gasteiger partial charge on any atom is 0.264 e. The highest BCUT2D eigenvalue weighted by Crippen LogP contribution is 2.20. The van der Waals surface area contributed by atoms with Crippen molar-refractivity contribution in [1.82, 2.24) is 4.90 Å². The van der Waals surface area contributed by atoms with Gasteiger partial charge < -0.3 is 9.74 Å². The summed E-state index contributed by atoms with van der Waals surface area (Å²) in [7, 11) is 0. The number of oxime groups is 1. The highest BCUT2D eigenvalue weighted by molar-refractivity contribution is 7.12. The minimum Gasteiger partial charge on any atom is -0.390 e. The molecule has 24 heavy (non-hydrogen) atoms. The zero-order chi connectivity index (χ0) is 16.9. The third kappa shape index (κ3) is 3.71. The monoisotopic (exact) mass is 344 g/mol. The molecule has 1 aliphatic rings. The van der Waals surface area contributed by atoms with Gasteiger partial charge in [-0.25, -0.2) is 4.39 Å². The third-order valence-corrected chi connectivity index (χ3v) is 4.54. The highest BCUT2D eigenvalue weighted by atomic mass is 32.1. The van der Waals surface area contributed by atoms with Crippen LogP contribution in [0.2, 0.25) is 0 Å². The summed E-state index contributed by atoms with van der Waals surface area (Å²) >= 11 is 1.41. The SMILES string of the molecule is C=CCN(C[C@H]1CC(c2cccc(F)c2)=NO1)C(=O)c1cccs1. The number of benzene rings is 1. The van der Waals surface area contributed by atoms with Gasteiger partial charge in [0, 0.05) is 18.5 Å². The molecule has 1 amide bonds. The van der Waals surface area contributed by atoms with Crippen LogP contribution >= 0.6 is 11.3 Å². The van der Waals surface area contributed by atoms with E-state index in [0.29, 0.717) is 35.7 Å². The van der Waals surface area contributed by atoms with Crippen LogP contribution in [0.5, 0.6) is 0 Å². The van der Waals surface area contributed by atoms with Crippen LogP contribution in [-0.2, 0) is 4.84 Å². The molecule has 2 heterocycles. The fourth-order valence-electron chi connectivity index (χ4n) is 2.56. The van der Waals surface area contributed by atoms with Crippen molar-refractivity contribution >= 4 is 23.0 Å². The van der Waals surface area contributed by atoms with Crippen molar-refractivity contribution < 1.29 is 14.0 Å². The van der Waals surface area contributed by atoms with Crippen LogP contribution < -0.4 is 0 Å². The van der Waals surface area contributed by atoms with Crippen molar-refractivity contribution in [2.75, 3.05) is 13.1 Å². The van der Waals surface area contributed by atoms with E-state index < -0.39 is 0 Å². The molecule has 3 rings (SSSR count). The van der Waals surface area contributed by atoms with Crippen LogP contribution in [0.4, 0.5) is 4.39 Å². The summed E-state index contributed by atoms with van der Waals surface area (Å²) in [6, 6.07) is 9.91. The predicted molar refractivity (Wildman–Crippen MR) is 92.8 cm³/mol. The van der Waals surface area contributed by atoms with Gasteiger partial charge in [0.05, 0.1) is 17.1 Å². The summed E-state index contributed by atoms with van der Waals surface area (Å²) < 4.78 is 13.3. The van der Waals surface area contributed by atoms with Crippen molar-refractivity contribution in [2.45, 2.75) is 12.5 Å². The molecular formula is C18H17FN2O2S. The summed E-state index contributed by atoms with van der Waals surface area (Å²) in [5, 5.41) is 5.92. The Balaban J connectivity index is 1.65. The number of halogens is 1. The Morgan fingerprint density at radius 1 is 1.46 bits per heavy atom. The fourth-order valence-corrected chi connectivity index (χ4v) is 3.25. The molecule has 0 radical (unpaired) electrons. The minimum absolute atomic E-state index is 0.0484. The third-order valence-electron chi connectivity index (χ3n) is 3.68. The Kier molecular flexibility index (Phi) is 5.05. The van der Waals surface area contributed by atoms with Crippen molar-refractivity contribution in [3.63, 3.8) is 0 Å². The van der Waals surface area contributed by atoms with Crippen LogP contribution in [0.15, 0.2) is 59.6 Å². The zero-order valence-electron chi connectivity index (χ0n) is 13.0. The number of nitrogens with zero attached hydrogens (tertiary/aromatic N) is 2. The van der Waals surface area contributed by atoms with Gasteiger partial charge in [-0.05, 0) is 23.6 Å². The van der Waals surface area contributed by atoms with E-state index in [1.54, 1.807) is 29.2 Å². The van der Waals surface area contributed by atoms with Crippen LogP contribution in [0.3, 0.4) is 0 Å². The van der Waals surface area contributed by atoms with Crippen molar-refractivity contribution in [1.29, 1.82) is 0 Å². The van der Waals surface area contributed by atoms with Crippen molar-refractivity contribution in [3.8, 4) is 0 Å². The maximum absolute atomic E-state index is 13.3. The van der Waals surface area contributed by atoms with Gasteiger partial charge in [0.15, 0.2) is 6.10 Å². The molecule has 0 saturated carbocycles. The molecule has 0 fully saturated rings. The predicted octanol–water partition coefficient (Wildman–Crippen LogP) is 3.71. The van der Waals surface area contributed by atoms with Gasteiger partial charge in [-0.3, -0.25) is 4.79 Å². The van der Waals surface area contributed by atoms with Crippen LogP contribution in [0, 0.1) is 5.82 Å². The van der Waals surface area contributed by atoms with E-state index in [2.05, 4.69) is 11.7 Å². The normalized spacial score (nSPS) is 16.4. The molecular weight excluding hydrogens is 327 g/mol. The summed E-state index contributed by atoms with van der Waals surface area (Å²) in [6.45, 7) is 4.55. The van der Waals surface area contributed by atoms with Crippen molar-refractivity contribution in [2.24, 2.45) is 5.16 Å². The van der Waals surface area contributed by atoms with E-state index in [0.717, 1.165) is 0 Å². The van der Waals surface area contributed by atoms with Crippen LogP contribution in [0.1, 0.15) is 21.7 Å². The zero-order valence-corrected chi connectivity index (χ0v) is 13.8. The number of carbonyl (C=O) groups is 1. The highest BCUT2D eigenvalue weighted by Gasteiger charge is 2.27. The number of hydrogen-bond acceptors (Lipinski definition) is 4. The first-order valence-electron chi connectivity index (χ1n) is 7.59. The Morgan fingerprint density at radius 3 is 3.04 bits per heavy atom. The number of amides is 1. The Bertz CT molecular complexity index is 758. The summed E-state index contributed by atoms with van der Waals surface area (Å²) in [5.74, 6) is -0.354. The summed E-state index contributed by atoms with van der Waals surface area (Å²) in [6.07, 6.45) is 1.98. The molecule has 4 nitrogen and oxygen atoms in total. The first-order valence-corrected chi connectivity index (χ1v) is 8.47. The molecule has 6 heteroatoms. The lowest BCUT2D eigenvalue weighted by molar-refractivity contribution is 0.0452. The first kappa shape index (κ1) is 16.4. The van der Waals surface area contributed by atoms with E-state index in [4.69, 9.17) is 4.84 Å². The number of thiophene rings is 1. The maximum atomic E-state index is 13.3.